The first-order chi connectivity index (χ1) is 14.1. The molecule has 2 saturated heterocycles. The highest BCUT2D eigenvalue weighted by molar-refractivity contribution is 7.12. The number of nitrogens with zero attached hydrogens (tertiary/aromatic N) is 2. The van der Waals surface area contributed by atoms with Gasteiger partial charge in [-0.25, -0.2) is 0 Å². The number of ether oxygens (including phenoxy) is 1. The molecule has 154 valence electrons. The zero-order chi connectivity index (χ0) is 20.2. The Kier molecular flexibility index (Phi) is 6.37. The number of amides is 2. The van der Waals surface area contributed by atoms with Crippen LogP contribution < -0.4 is 10.2 Å². The third-order valence-corrected chi connectivity index (χ3v) is 6.62. The molecule has 0 unspecified atom stereocenters. The molecule has 2 aliphatic heterocycles. The summed E-state index contributed by atoms with van der Waals surface area (Å²) < 4.78 is 5.43. The zero-order valence-corrected chi connectivity index (χ0v) is 17.7. The second-order valence-corrected chi connectivity index (χ2v) is 8.62. The summed E-state index contributed by atoms with van der Waals surface area (Å²) in [5, 5.41) is 5.62. The van der Waals surface area contributed by atoms with Crippen LogP contribution in [0, 0.1) is 5.92 Å². The molecule has 0 atom stereocenters. The summed E-state index contributed by atoms with van der Waals surface area (Å²) in [5.41, 5.74) is 1.60. The monoisotopic (exact) mass is 433 g/mol. The lowest BCUT2D eigenvalue weighted by molar-refractivity contribution is -0.121. The summed E-state index contributed by atoms with van der Waals surface area (Å²) in [6.07, 6.45) is 1.33. The van der Waals surface area contributed by atoms with Crippen LogP contribution in [0.4, 0.5) is 11.4 Å². The SMILES string of the molecule is O=C(Nc1cccc(Cl)c1N1CCOCC1)C1CCN(C(=O)c2cccs2)CC1. The quantitative estimate of drug-likeness (QED) is 0.798. The van der Waals surface area contributed by atoms with Crippen LogP contribution in [0.25, 0.3) is 0 Å². The summed E-state index contributed by atoms with van der Waals surface area (Å²) in [7, 11) is 0. The molecule has 1 aromatic carbocycles. The van der Waals surface area contributed by atoms with Crippen LogP contribution in [0.5, 0.6) is 0 Å². The van der Waals surface area contributed by atoms with Gasteiger partial charge >= 0.3 is 0 Å². The van der Waals surface area contributed by atoms with Crippen molar-refractivity contribution in [3.8, 4) is 0 Å². The fourth-order valence-corrected chi connectivity index (χ4v) is 4.85. The fraction of sp³-hybridized carbons (Fsp3) is 0.429. The van der Waals surface area contributed by atoms with E-state index in [1.165, 1.54) is 11.3 Å². The number of thiophene rings is 1. The Morgan fingerprint density at radius 3 is 2.52 bits per heavy atom. The van der Waals surface area contributed by atoms with Gasteiger partial charge in [0.2, 0.25) is 5.91 Å². The van der Waals surface area contributed by atoms with Crippen molar-refractivity contribution in [1.82, 2.24) is 4.90 Å². The number of nitrogens with one attached hydrogen (secondary N) is 1. The van der Waals surface area contributed by atoms with Gasteiger partial charge in [0.15, 0.2) is 0 Å². The van der Waals surface area contributed by atoms with Gasteiger partial charge in [0.25, 0.3) is 5.91 Å². The highest BCUT2D eigenvalue weighted by Gasteiger charge is 2.29. The van der Waals surface area contributed by atoms with E-state index in [1.54, 1.807) is 0 Å². The third kappa shape index (κ3) is 4.57. The van der Waals surface area contributed by atoms with Gasteiger partial charge in [-0.3, -0.25) is 9.59 Å². The number of carbonyl (C=O) groups is 2. The number of piperidine rings is 1. The van der Waals surface area contributed by atoms with E-state index >= 15 is 0 Å². The number of halogens is 1. The van der Waals surface area contributed by atoms with E-state index in [1.807, 2.05) is 40.6 Å². The van der Waals surface area contributed by atoms with Gasteiger partial charge in [-0.05, 0) is 36.4 Å². The Balaban J connectivity index is 1.39. The van der Waals surface area contributed by atoms with Crippen LogP contribution >= 0.6 is 22.9 Å². The Bertz CT molecular complexity index is 860. The summed E-state index contributed by atoms with van der Waals surface area (Å²) in [5.74, 6) is -0.0628. The van der Waals surface area contributed by atoms with Gasteiger partial charge < -0.3 is 19.9 Å². The van der Waals surface area contributed by atoms with Crippen molar-refractivity contribution >= 4 is 46.1 Å². The predicted octanol–water partition coefficient (Wildman–Crippen LogP) is 3.73. The van der Waals surface area contributed by atoms with E-state index in [4.69, 9.17) is 16.3 Å². The molecule has 2 aliphatic rings. The lowest BCUT2D eigenvalue weighted by Crippen LogP contribution is -2.41. The summed E-state index contributed by atoms with van der Waals surface area (Å²) in [4.78, 5) is 30.2. The van der Waals surface area contributed by atoms with E-state index in [2.05, 4.69) is 10.2 Å². The van der Waals surface area contributed by atoms with Gasteiger partial charge in [0.05, 0.1) is 34.5 Å². The number of morpholine rings is 1. The second-order valence-electron chi connectivity index (χ2n) is 7.27. The van der Waals surface area contributed by atoms with Crippen molar-refractivity contribution in [3.05, 3.63) is 45.6 Å². The van der Waals surface area contributed by atoms with E-state index < -0.39 is 0 Å². The smallest absolute Gasteiger partial charge is 0.263 e. The first-order valence-corrected chi connectivity index (χ1v) is 11.1. The molecule has 2 amide bonds. The molecule has 0 aliphatic carbocycles. The second kappa shape index (κ2) is 9.15. The average molecular weight is 434 g/mol. The standard InChI is InChI=1S/C21H24ClN3O3S/c22-16-3-1-4-17(19(16)24-10-12-28-13-11-24)23-20(26)15-6-8-25(9-7-15)21(27)18-5-2-14-29-18/h1-5,14-15H,6-13H2,(H,23,26). The highest BCUT2D eigenvalue weighted by atomic mass is 35.5. The summed E-state index contributed by atoms with van der Waals surface area (Å²) in [6.45, 7) is 3.98. The number of anilines is 2. The maximum absolute atomic E-state index is 12.9. The first-order valence-electron chi connectivity index (χ1n) is 9.88. The molecular weight excluding hydrogens is 410 g/mol. The average Bonchev–Trinajstić information content (AvgIpc) is 3.29. The van der Waals surface area contributed by atoms with Crippen LogP contribution in [-0.4, -0.2) is 56.1 Å². The summed E-state index contributed by atoms with van der Waals surface area (Å²) >= 11 is 7.91. The maximum Gasteiger partial charge on any atom is 0.263 e. The number of benzene rings is 1. The van der Waals surface area contributed by atoms with E-state index in [9.17, 15) is 9.59 Å². The minimum atomic E-state index is -0.112. The van der Waals surface area contributed by atoms with Crippen molar-refractivity contribution in [3.63, 3.8) is 0 Å². The molecule has 8 heteroatoms. The topological polar surface area (TPSA) is 61.9 Å². The van der Waals surface area contributed by atoms with Crippen molar-refractivity contribution in [2.45, 2.75) is 12.8 Å². The lowest BCUT2D eigenvalue weighted by Gasteiger charge is -2.33. The van der Waals surface area contributed by atoms with Crippen LogP contribution in [-0.2, 0) is 9.53 Å². The minimum absolute atomic E-state index is 0.00926. The number of rotatable bonds is 4. The summed E-state index contributed by atoms with van der Waals surface area (Å²) in [6, 6.07) is 9.32. The van der Waals surface area contributed by atoms with Crippen LogP contribution in [0.2, 0.25) is 5.02 Å². The molecule has 1 N–H and O–H groups in total. The van der Waals surface area contributed by atoms with E-state index in [0.29, 0.717) is 44.2 Å². The van der Waals surface area contributed by atoms with Crippen molar-refractivity contribution in [2.75, 3.05) is 49.6 Å². The molecule has 2 fully saturated rings. The van der Waals surface area contributed by atoms with E-state index in [-0.39, 0.29) is 17.7 Å². The van der Waals surface area contributed by atoms with Crippen molar-refractivity contribution in [1.29, 1.82) is 0 Å². The van der Waals surface area contributed by atoms with Crippen LogP contribution in [0.3, 0.4) is 0 Å². The third-order valence-electron chi connectivity index (χ3n) is 5.46. The molecule has 0 bridgehead atoms. The first kappa shape index (κ1) is 20.2. The van der Waals surface area contributed by atoms with Crippen LogP contribution in [0.1, 0.15) is 22.5 Å². The Morgan fingerprint density at radius 2 is 1.83 bits per heavy atom. The van der Waals surface area contributed by atoms with Gasteiger partial charge in [-0.2, -0.15) is 0 Å². The van der Waals surface area contributed by atoms with Gasteiger partial charge in [0.1, 0.15) is 0 Å². The van der Waals surface area contributed by atoms with Gasteiger partial charge in [-0.1, -0.05) is 23.7 Å². The number of para-hydroxylation sites is 1. The van der Waals surface area contributed by atoms with Crippen molar-refractivity contribution < 1.29 is 14.3 Å². The molecule has 3 heterocycles. The normalized spacial score (nSPS) is 18.0. The Hall–Kier alpha value is -2.09. The van der Waals surface area contributed by atoms with E-state index in [0.717, 1.165) is 29.3 Å². The van der Waals surface area contributed by atoms with Gasteiger partial charge in [0, 0.05) is 32.1 Å². The number of carbonyl (C=O) groups excluding carboxylic acids is 2. The molecule has 0 radical (unpaired) electrons. The predicted molar refractivity (Wildman–Crippen MR) is 116 cm³/mol. The Morgan fingerprint density at radius 1 is 1.07 bits per heavy atom. The fourth-order valence-electron chi connectivity index (χ4n) is 3.86. The molecular formula is C21H24ClN3O3S. The molecule has 6 nitrogen and oxygen atoms in total. The van der Waals surface area contributed by atoms with Crippen LogP contribution in [0.15, 0.2) is 35.7 Å². The molecule has 0 saturated carbocycles. The number of likely N-dealkylation sites (tertiary alicyclic amines) is 1. The number of hydrogen-bond acceptors (Lipinski definition) is 5. The van der Waals surface area contributed by atoms with Crippen molar-refractivity contribution in [2.24, 2.45) is 5.92 Å². The molecule has 4 rings (SSSR count). The lowest BCUT2D eigenvalue weighted by atomic mass is 9.95. The number of hydrogen-bond donors (Lipinski definition) is 1. The minimum Gasteiger partial charge on any atom is -0.378 e. The maximum atomic E-state index is 12.9. The Labute approximate surface area is 179 Å². The molecule has 29 heavy (non-hydrogen) atoms. The largest absolute Gasteiger partial charge is 0.378 e. The molecule has 0 spiro atoms. The molecule has 1 aromatic heterocycles. The molecule has 2 aromatic rings. The highest BCUT2D eigenvalue weighted by Crippen LogP contribution is 2.35. The zero-order valence-electron chi connectivity index (χ0n) is 16.1. The van der Waals surface area contributed by atoms with Gasteiger partial charge in [-0.15, -0.1) is 11.3 Å².